The summed E-state index contributed by atoms with van der Waals surface area (Å²) in [5, 5.41) is 7.52. The van der Waals surface area contributed by atoms with Crippen molar-refractivity contribution in [3.05, 3.63) is 41.1 Å². The van der Waals surface area contributed by atoms with Gasteiger partial charge < -0.3 is 10.2 Å². The van der Waals surface area contributed by atoms with Crippen molar-refractivity contribution in [2.45, 2.75) is 39.2 Å². The molecular formula is C18H24N4O. The standard InChI is InChI=1S/C18H24N4O/c1-5-10-22-12(2)17-15(11-16(23)19-18(17)20-22)13-6-8-14(9-7-13)21(3)4/h6-9,15H,5,10-11H2,1-4H3,(H,19,20,23). The molecule has 3 rings (SSSR count). The molecule has 0 saturated carbocycles. The fraction of sp³-hybridized carbons (Fsp3) is 0.444. The Labute approximate surface area is 137 Å². The predicted molar refractivity (Wildman–Crippen MR) is 93.1 cm³/mol. The maximum absolute atomic E-state index is 12.1. The average Bonchev–Trinajstić information content (AvgIpc) is 2.83. The largest absolute Gasteiger partial charge is 0.378 e. The molecule has 0 fully saturated rings. The summed E-state index contributed by atoms with van der Waals surface area (Å²) in [6.07, 6.45) is 1.50. The summed E-state index contributed by atoms with van der Waals surface area (Å²) < 4.78 is 2.01. The lowest BCUT2D eigenvalue weighted by Gasteiger charge is -2.23. The molecule has 1 aromatic heterocycles. The van der Waals surface area contributed by atoms with Gasteiger partial charge in [-0.3, -0.25) is 9.48 Å². The Kier molecular flexibility index (Phi) is 4.11. The number of fused-ring (bicyclic) bond motifs is 1. The summed E-state index contributed by atoms with van der Waals surface area (Å²) in [6, 6.07) is 8.46. The van der Waals surface area contributed by atoms with Crippen molar-refractivity contribution in [3.63, 3.8) is 0 Å². The van der Waals surface area contributed by atoms with Crippen LogP contribution in [0.4, 0.5) is 11.5 Å². The fourth-order valence-electron chi connectivity index (χ4n) is 3.26. The van der Waals surface area contributed by atoms with Crippen LogP contribution in [0.25, 0.3) is 0 Å². The topological polar surface area (TPSA) is 50.2 Å². The van der Waals surface area contributed by atoms with Crippen LogP contribution in [0.5, 0.6) is 0 Å². The van der Waals surface area contributed by atoms with Crippen LogP contribution in [0.2, 0.25) is 0 Å². The third-order valence-electron chi connectivity index (χ3n) is 4.50. The second-order valence-corrected chi connectivity index (χ2v) is 6.36. The van der Waals surface area contributed by atoms with Gasteiger partial charge in [0.25, 0.3) is 0 Å². The number of carbonyl (C=O) groups excluding carboxylic acids is 1. The number of carbonyl (C=O) groups is 1. The van der Waals surface area contributed by atoms with Crippen LogP contribution in [0.3, 0.4) is 0 Å². The lowest BCUT2D eigenvalue weighted by Crippen LogP contribution is -2.23. The minimum absolute atomic E-state index is 0.0420. The van der Waals surface area contributed by atoms with E-state index < -0.39 is 0 Å². The summed E-state index contributed by atoms with van der Waals surface area (Å²) in [5.41, 5.74) is 4.65. The second-order valence-electron chi connectivity index (χ2n) is 6.36. The highest BCUT2D eigenvalue weighted by molar-refractivity contribution is 5.94. The Hall–Kier alpha value is -2.30. The first kappa shape index (κ1) is 15.6. The van der Waals surface area contributed by atoms with E-state index in [-0.39, 0.29) is 11.8 Å². The van der Waals surface area contributed by atoms with Crippen molar-refractivity contribution in [3.8, 4) is 0 Å². The number of nitrogens with one attached hydrogen (secondary N) is 1. The zero-order chi connectivity index (χ0) is 16.6. The van der Waals surface area contributed by atoms with Gasteiger partial charge in [-0.25, -0.2) is 0 Å². The zero-order valence-electron chi connectivity index (χ0n) is 14.3. The lowest BCUT2D eigenvalue weighted by molar-refractivity contribution is -0.116. The van der Waals surface area contributed by atoms with Crippen molar-refractivity contribution in [2.24, 2.45) is 0 Å². The summed E-state index contributed by atoms with van der Waals surface area (Å²) in [7, 11) is 4.06. The van der Waals surface area contributed by atoms with E-state index in [1.807, 2.05) is 18.8 Å². The van der Waals surface area contributed by atoms with Gasteiger partial charge in [-0.1, -0.05) is 19.1 Å². The molecule has 0 aliphatic carbocycles. The van der Waals surface area contributed by atoms with Gasteiger partial charge in [0.2, 0.25) is 5.91 Å². The van der Waals surface area contributed by atoms with E-state index in [0.717, 1.165) is 35.7 Å². The van der Waals surface area contributed by atoms with Gasteiger partial charge in [0.15, 0.2) is 5.82 Å². The van der Waals surface area contributed by atoms with Crippen LogP contribution in [-0.2, 0) is 11.3 Å². The molecule has 5 nitrogen and oxygen atoms in total. The third kappa shape index (κ3) is 2.83. The predicted octanol–water partition coefficient (Wildman–Crippen LogP) is 3.14. The van der Waals surface area contributed by atoms with E-state index in [2.05, 4.69) is 53.4 Å². The molecule has 1 aliphatic heterocycles. The highest BCUT2D eigenvalue weighted by atomic mass is 16.1. The van der Waals surface area contributed by atoms with Crippen molar-refractivity contribution >= 4 is 17.4 Å². The minimum Gasteiger partial charge on any atom is -0.378 e. The van der Waals surface area contributed by atoms with Gasteiger partial charge in [-0.05, 0) is 31.0 Å². The van der Waals surface area contributed by atoms with Crippen molar-refractivity contribution in [2.75, 3.05) is 24.3 Å². The van der Waals surface area contributed by atoms with E-state index in [1.165, 1.54) is 5.56 Å². The number of aryl methyl sites for hydroxylation is 1. The number of aromatic nitrogens is 2. The number of hydrogen-bond donors (Lipinski definition) is 1. The van der Waals surface area contributed by atoms with Gasteiger partial charge in [-0.15, -0.1) is 0 Å². The molecule has 122 valence electrons. The smallest absolute Gasteiger partial charge is 0.226 e. The number of benzene rings is 1. The maximum Gasteiger partial charge on any atom is 0.226 e. The number of amides is 1. The molecule has 1 atom stereocenters. The third-order valence-corrected chi connectivity index (χ3v) is 4.50. The Bertz CT molecular complexity index is 715. The number of anilines is 2. The first-order valence-corrected chi connectivity index (χ1v) is 8.15. The van der Waals surface area contributed by atoms with Gasteiger partial charge in [0, 0.05) is 49.9 Å². The van der Waals surface area contributed by atoms with Crippen molar-refractivity contribution in [1.29, 1.82) is 0 Å². The SMILES string of the molecule is CCCn1nc2c(c1C)C(c1ccc(N(C)C)cc1)CC(=O)N2. The first-order valence-electron chi connectivity index (χ1n) is 8.15. The Morgan fingerprint density at radius 3 is 2.61 bits per heavy atom. The van der Waals surface area contributed by atoms with E-state index in [0.29, 0.717) is 6.42 Å². The van der Waals surface area contributed by atoms with Crippen LogP contribution in [0, 0.1) is 6.92 Å². The van der Waals surface area contributed by atoms with Gasteiger partial charge in [0.1, 0.15) is 0 Å². The van der Waals surface area contributed by atoms with Crippen LogP contribution in [0.15, 0.2) is 24.3 Å². The molecule has 23 heavy (non-hydrogen) atoms. The summed E-state index contributed by atoms with van der Waals surface area (Å²) >= 11 is 0. The van der Waals surface area contributed by atoms with Crippen LogP contribution in [-0.4, -0.2) is 29.8 Å². The highest BCUT2D eigenvalue weighted by Crippen LogP contribution is 2.39. The number of hydrogen-bond acceptors (Lipinski definition) is 3. The number of rotatable bonds is 4. The molecule has 5 heteroatoms. The second kappa shape index (κ2) is 6.07. The lowest BCUT2D eigenvalue weighted by atomic mass is 9.85. The monoisotopic (exact) mass is 312 g/mol. The summed E-state index contributed by atoms with van der Waals surface area (Å²) in [4.78, 5) is 14.2. The molecule has 1 aromatic carbocycles. The highest BCUT2D eigenvalue weighted by Gasteiger charge is 2.31. The normalized spacial score (nSPS) is 16.9. The Morgan fingerprint density at radius 1 is 1.30 bits per heavy atom. The van der Waals surface area contributed by atoms with E-state index in [4.69, 9.17) is 0 Å². The zero-order valence-corrected chi connectivity index (χ0v) is 14.3. The molecular weight excluding hydrogens is 288 g/mol. The van der Waals surface area contributed by atoms with E-state index >= 15 is 0 Å². The Balaban J connectivity index is 2.02. The molecule has 0 bridgehead atoms. The van der Waals surface area contributed by atoms with E-state index in [9.17, 15) is 4.79 Å². The van der Waals surface area contributed by atoms with Gasteiger partial charge in [-0.2, -0.15) is 5.10 Å². The maximum atomic E-state index is 12.1. The van der Waals surface area contributed by atoms with Crippen molar-refractivity contribution in [1.82, 2.24) is 9.78 Å². The first-order chi connectivity index (χ1) is 11.0. The van der Waals surface area contributed by atoms with Crippen LogP contribution in [0.1, 0.15) is 42.5 Å². The van der Waals surface area contributed by atoms with Crippen LogP contribution >= 0.6 is 0 Å². The van der Waals surface area contributed by atoms with Gasteiger partial charge in [0.05, 0.1) is 0 Å². The summed E-state index contributed by atoms with van der Waals surface area (Å²) in [5.74, 6) is 0.856. The molecule has 0 radical (unpaired) electrons. The molecule has 1 aliphatic rings. The molecule has 2 aromatic rings. The molecule has 2 heterocycles. The van der Waals surface area contributed by atoms with E-state index in [1.54, 1.807) is 0 Å². The van der Waals surface area contributed by atoms with Gasteiger partial charge >= 0.3 is 0 Å². The van der Waals surface area contributed by atoms with Crippen molar-refractivity contribution < 1.29 is 4.79 Å². The van der Waals surface area contributed by atoms with Crippen LogP contribution < -0.4 is 10.2 Å². The molecule has 0 saturated heterocycles. The fourth-order valence-corrected chi connectivity index (χ4v) is 3.26. The quantitative estimate of drug-likeness (QED) is 0.943. The Morgan fingerprint density at radius 2 is 2.00 bits per heavy atom. The molecule has 1 N–H and O–H groups in total. The molecule has 0 spiro atoms. The molecule has 1 amide bonds. The average molecular weight is 312 g/mol. The summed E-state index contributed by atoms with van der Waals surface area (Å²) in [6.45, 7) is 5.11. The number of nitrogens with zero attached hydrogens (tertiary/aromatic N) is 3. The molecule has 1 unspecified atom stereocenters. The minimum atomic E-state index is 0.0420.